The summed E-state index contributed by atoms with van der Waals surface area (Å²) in [5, 5.41) is 6.36. The number of halogens is 2. The van der Waals surface area contributed by atoms with Crippen LogP contribution < -0.4 is 0 Å². The first-order chi connectivity index (χ1) is 6.22. The standard InChI is InChI=1S/C8H7BrClN3/c1-13-8-5(4-11-13)2-7(10)12-6(8)3-9/h2,4H,3H2,1H3. The molecule has 0 aromatic carbocycles. The number of nitrogens with zero attached hydrogens (tertiary/aromatic N) is 3. The summed E-state index contributed by atoms with van der Waals surface area (Å²) in [5.74, 6) is 0. The molecule has 0 aliphatic rings. The van der Waals surface area contributed by atoms with E-state index in [1.165, 1.54) is 0 Å². The lowest BCUT2D eigenvalue weighted by molar-refractivity contribution is 0.792. The number of aryl methyl sites for hydroxylation is 1. The van der Waals surface area contributed by atoms with Crippen LogP contribution in [0, 0.1) is 0 Å². The van der Waals surface area contributed by atoms with Crippen molar-refractivity contribution in [2.24, 2.45) is 7.05 Å². The highest BCUT2D eigenvalue weighted by molar-refractivity contribution is 9.08. The van der Waals surface area contributed by atoms with E-state index in [-0.39, 0.29) is 0 Å². The van der Waals surface area contributed by atoms with Gasteiger partial charge in [0, 0.05) is 17.8 Å². The van der Waals surface area contributed by atoms with E-state index in [0.717, 1.165) is 16.6 Å². The fraction of sp³-hybridized carbons (Fsp3) is 0.250. The van der Waals surface area contributed by atoms with Gasteiger partial charge < -0.3 is 0 Å². The third-order valence-corrected chi connectivity index (χ3v) is 2.61. The molecule has 68 valence electrons. The number of alkyl halides is 1. The van der Waals surface area contributed by atoms with Gasteiger partial charge in [-0.05, 0) is 6.07 Å². The largest absolute Gasteiger partial charge is 0.266 e. The quantitative estimate of drug-likeness (QED) is 0.583. The van der Waals surface area contributed by atoms with Crippen LogP contribution in [0.5, 0.6) is 0 Å². The Bertz CT molecular complexity index is 452. The van der Waals surface area contributed by atoms with Gasteiger partial charge in [-0.3, -0.25) is 4.68 Å². The van der Waals surface area contributed by atoms with Crippen molar-refractivity contribution >= 4 is 38.4 Å². The molecular weight excluding hydrogens is 253 g/mol. The van der Waals surface area contributed by atoms with Gasteiger partial charge >= 0.3 is 0 Å². The van der Waals surface area contributed by atoms with Gasteiger partial charge in [0.25, 0.3) is 0 Å². The second-order valence-corrected chi connectivity index (χ2v) is 3.68. The second-order valence-electron chi connectivity index (χ2n) is 2.73. The van der Waals surface area contributed by atoms with Crippen molar-refractivity contribution in [3.63, 3.8) is 0 Å². The van der Waals surface area contributed by atoms with Crippen LogP contribution in [0.1, 0.15) is 5.69 Å². The molecule has 0 saturated heterocycles. The minimum absolute atomic E-state index is 0.509. The predicted molar refractivity (Wildman–Crippen MR) is 56.2 cm³/mol. The molecule has 2 aromatic heterocycles. The van der Waals surface area contributed by atoms with Gasteiger partial charge in [-0.1, -0.05) is 27.5 Å². The van der Waals surface area contributed by atoms with Gasteiger partial charge in [0.2, 0.25) is 0 Å². The lowest BCUT2D eigenvalue weighted by Crippen LogP contribution is -1.95. The number of hydrogen-bond donors (Lipinski definition) is 0. The zero-order valence-electron chi connectivity index (χ0n) is 6.96. The molecule has 5 heteroatoms. The summed E-state index contributed by atoms with van der Waals surface area (Å²) in [7, 11) is 1.89. The number of rotatable bonds is 1. The van der Waals surface area contributed by atoms with Crippen molar-refractivity contribution in [1.82, 2.24) is 14.8 Å². The number of hydrogen-bond acceptors (Lipinski definition) is 2. The summed E-state index contributed by atoms with van der Waals surface area (Å²) in [6, 6.07) is 1.82. The molecule has 2 heterocycles. The lowest BCUT2D eigenvalue weighted by Gasteiger charge is -2.00. The molecule has 0 amide bonds. The summed E-state index contributed by atoms with van der Waals surface area (Å²) in [4.78, 5) is 4.21. The molecule has 2 aromatic rings. The fourth-order valence-corrected chi connectivity index (χ4v) is 1.96. The monoisotopic (exact) mass is 259 g/mol. The first-order valence-electron chi connectivity index (χ1n) is 3.75. The normalized spacial score (nSPS) is 11.0. The molecule has 0 saturated carbocycles. The van der Waals surface area contributed by atoms with Gasteiger partial charge in [0.15, 0.2) is 0 Å². The van der Waals surface area contributed by atoms with Gasteiger partial charge in [-0.15, -0.1) is 0 Å². The molecular formula is C8H7BrClN3. The molecule has 13 heavy (non-hydrogen) atoms. The Labute approximate surface area is 88.8 Å². The van der Waals surface area contributed by atoms with Gasteiger partial charge in [-0.25, -0.2) is 4.98 Å². The highest BCUT2D eigenvalue weighted by Gasteiger charge is 2.07. The minimum atomic E-state index is 0.509. The molecule has 0 bridgehead atoms. The van der Waals surface area contributed by atoms with E-state index in [1.54, 1.807) is 10.9 Å². The summed E-state index contributed by atoms with van der Waals surface area (Å²) < 4.78 is 1.80. The van der Waals surface area contributed by atoms with Crippen molar-refractivity contribution in [2.45, 2.75) is 5.33 Å². The van der Waals surface area contributed by atoms with Crippen LogP contribution in [0.15, 0.2) is 12.3 Å². The molecule has 0 atom stereocenters. The lowest BCUT2D eigenvalue weighted by atomic mass is 10.3. The maximum Gasteiger partial charge on any atom is 0.130 e. The van der Waals surface area contributed by atoms with Crippen LogP contribution in [-0.2, 0) is 12.4 Å². The molecule has 3 nitrogen and oxygen atoms in total. The van der Waals surface area contributed by atoms with Gasteiger partial charge in [0.05, 0.1) is 17.4 Å². The highest BCUT2D eigenvalue weighted by atomic mass is 79.9. The van der Waals surface area contributed by atoms with E-state index in [1.807, 2.05) is 13.1 Å². The van der Waals surface area contributed by atoms with Crippen LogP contribution in [0.25, 0.3) is 10.9 Å². The zero-order chi connectivity index (χ0) is 9.42. The Hall–Kier alpha value is -0.610. The molecule has 2 rings (SSSR count). The van der Waals surface area contributed by atoms with Gasteiger partial charge in [0.1, 0.15) is 5.15 Å². The third-order valence-electron chi connectivity index (χ3n) is 1.88. The van der Waals surface area contributed by atoms with Crippen LogP contribution in [-0.4, -0.2) is 14.8 Å². The van der Waals surface area contributed by atoms with Crippen molar-refractivity contribution in [3.8, 4) is 0 Å². The summed E-state index contributed by atoms with van der Waals surface area (Å²) in [6.45, 7) is 0. The Morgan fingerprint density at radius 2 is 2.38 bits per heavy atom. The maximum atomic E-state index is 5.84. The average Bonchev–Trinajstić information content (AvgIpc) is 2.46. The SMILES string of the molecule is Cn1ncc2cc(Cl)nc(CBr)c21. The van der Waals surface area contributed by atoms with E-state index >= 15 is 0 Å². The summed E-state index contributed by atoms with van der Waals surface area (Å²) >= 11 is 9.21. The van der Waals surface area contributed by atoms with E-state index in [4.69, 9.17) is 11.6 Å². The number of pyridine rings is 1. The van der Waals surface area contributed by atoms with E-state index in [2.05, 4.69) is 26.0 Å². The zero-order valence-corrected chi connectivity index (χ0v) is 9.30. The maximum absolute atomic E-state index is 5.84. The molecule has 0 aliphatic carbocycles. The van der Waals surface area contributed by atoms with Crippen LogP contribution >= 0.6 is 27.5 Å². The molecule has 0 unspecified atom stereocenters. The average molecular weight is 261 g/mol. The Morgan fingerprint density at radius 1 is 1.62 bits per heavy atom. The second kappa shape index (κ2) is 3.27. The minimum Gasteiger partial charge on any atom is -0.266 e. The van der Waals surface area contributed by atoms with Crippen molar-refractivity contribution < 1.29 is 0 Å². The number of fused-ring (bicyclic) bond motifs is 1. The molecule has 0 fully saturated rings. The van der Waals surface area contributed by atoms with Crippen LogP contribution in [0.4, 0.5) is 0 Å². The molecule has 0 aliphatic heterocycles. The fourth-order valence-electron chi connectivity index (χ4n) is 1.35. The Morgan fingerprint density at radius 3 is 3.08 bits per heavy atom. The Balaban J connectivity index is 2.85. The topological polar surface area (TPSA) is 30.7 Å². The third kappa shape index (κ3) is 1.44. The summed E-state index contributed by atoms with van der Waals surface area (Å²) in [6.07, 6.45) is 1.79. The van der Waals surface area contributed by atoms with E-state index in [0.29, 0.717) is 10.5 Å². The smallest absolute Gasteiger partial charge is 0.130 e. The van der Waals surface area contributed by atoms with Crippen molar-refractivity contribution in [2.75, 3.05) is 0 Å². The first-order valence-corrected chi connectivity index (χ1v) is 5.25. The van der Waals surface area contributed by atoms with E-state index < -0.39 is 0 Å². The molecule has 0 N–H and O–H groups in total. The van der Waals surface area contributed by atoms with Crippen molar-refractivity contribution in [1.29, 1.82) is 0 Å². The highest BCUT2D eigenvalue weighted by Crippen LogP contribution is 2.21. The molecule has 0 radical (unpaired) electrons. The number of aromatic nitrogens is 3. The predicted octanol–water partition coefficient (Wildman–Crippen LogP) is 2.52. The van der Waals surface area contributed by atoms with E-state index in [9.17, 15) is 0 Å². The van der Waals surface area contributed by atoms with Crippen LogP contribution in [0.2, 0.25) is 5.15 Å². The molecule has 0 spiro atoms. The van der Waals surface area contributed by atoms with Gasteiger partial charge in [-0.2, -0.15) is 5.10 Å². The summed E-state index contributed by atoms with van der Waals surface area (Å²) in [5.41, 5.74) is 1.95. The van der Waals surface area contributed by atoms with Crippen molar-refractivity contribution in [3.05, 3.63) is 23.1 Å². The Kier molecular flexibility index (Phi) is 2.26. The van der Waals surface area contributed by atoms with Crippen LogP contribution in [0.3, 0.4) is 0 Å². The first kappa shape index (κ1) is 8.97.